The first-order valence-corrected chi connectivity index (χ1v) is 6.78. The van der Waals surface area contributed by atoms with E-state index in [0.717, 1.165) is 0 Å². The lowest BCUT2D eigenvalue weighted by Gasteiger charge is -2.20. The van der Waals surface area contributed by atoms with Crippen molar-refractivity contribution in [1.29, 1.82) is 0 Å². The number of nitrogens with zero attached hydrogens (tertiary/aromatic N) is 3. The molecule has 2 rings (SSSR count). The van der Waals surface area contributed by atoms with Gasteiger partial charge in [-0.3, -0.25) is 4.79 Å². The number of fused-ring (bicyclic) bond motifs is 1. The molecule has 2 aromatic heterocycles. The van der Waals surface area contributed by atoms with Crippen molar-refractivity contribution >= 4 is 29.1 Å². The van der Waals surface area contributed by atoms with E-state index >= 15 is 0 Å². The molecule has 6 nitrogen and oxygen atoms in total. The fourth-order valence-electron chi connectivity index (χ4n) is 1.70. The lowest BCUT2D eigenvalue weighted by molar-refractivity contribution is -0.122. The van der Waals surface area contributed by atoms with Gasteiger partial charge in [-0.15, -0.1) is 5.10 Å². The number of hydrogen-bond donors (Lipinski definition) is 2. The second kappa shape index (κ2) is 5.66. The van der Waals surface area contributed by atoms with Gasteiger partial charge in [-0.25, -0.2) is 4.52 Å². The van der Waals surface area contributed by atoms with Gasteiger partial charge in [0.2, 0.25) is 11.9 Å². The number of nitrogens with one attached hydrogen (secondary N) is 2. The highest BCUT2D eigenvalue weighted by Crippen LogP contribution is 2.11. The van der Waals surface area contributed by atoms with Gasteiger partial charge in [-0.05, 0) is 32.9 Å². The molecule has 7 heteroatoms. The molecular weight excluding hydrogens is 278 g/mol. The molecule has 0 spiro atoms. The summed E-state index contributed by atoms with van der Waals surface area (Å²) >= 11 is 5.87. The Labute approximate surface area is 122 Å². The number of rotatable bonds is 4. The van der Waals surface area contributed by atoms with E-state index < -0.39 is 0 Å². The Morgan fingerprint density at radius 3 is 2.85 bits per heavy atom. The maximum atomic E-state index is 11.7. The van der Waals surface area contributed by atoms with E-state index in [2.05, 4.69) is 20.7 Å². The van der Waals surface area contributed by atoms with Crippen LogP contribution in [0.1, 0.15) is 27.2 Å². The summed E-state index contributed by atoms with van der Waals surface area (Å²) in [6.45, 7) is 6.33. The van der Waals surface area contributed by atoms with E-state index in [9.17, 15) is 4.79 Å². The number of anilines is 1. The molecule has 1 amide bonds. The molecule has 108 valence electrons. The van der Waals surface area contributed by atoms with E-state index in [0.29, 0.717) is 29.6 Å². The molecule has 0 unspecified atom stereocenters. The second-order valence-corrected chi connectivity index (χ2v) is 6.00. The Bertz CT molecular complexity index is 617. The second-order valence-electron chi connectivity index (χ2n) is 5.56. The van der Waals surface area contributed by atoms with E-state index in [1.165, 1.54) is 0 Å². The fraction of sp³-hybridized carbons (Fsp3) is 0.462. The molecule has 0 aliphatic heterocycles. The van der Waals surface area contributed by atoms with Gasteiger partial charge in [0.05, 0.1) is 5.02 Å². The van der Waals surface area contributed by atoms with Crippen LogP contribution in [0.4, 0.5) is 5.95 Å². The first-order chi connectivity index (χ1) is 9.33. The van der Waals surface area contributed by atoms with Crippen LogP contribution in [-0.4, -0.2) is 32.6 Å². The summed E-state index contributed by atoms with van der Waals surface area (Å²) < 4.78 is 1.60. The van der Waals surface area contributed by atoms with Crippen molar-refractivity contribution < 1.29 is 4.79 Å². The molecule has 0 radical (unpaired) electrons. The van der Waals surface area contributed by atoms with E-state index in [4.69, 9.17) is 11.6 Å². The van der Waals surface area contributed by atoms with Crippen LogP contribution in [0, 0.1) is 0 Å². The van der Waals surface area contributed by atoms with Gasteiger partial charge in [0, 0.05) is 24.7 Å². The number of hydrogen-bond acceptors (Lipinski definition) is 4. The standard InChI is InChI=1S/C13H18ClN5O/c1-13(2,3)17-11(20)6-7-15-12-16-10-5-4-9(14)8-19(10)18-12/h4-5,8H,6-7H2,1-3H3,(H,15,18)(H,17,20). The summed E-state index contributed by atoms with van der Waals surface area (Å²) in [5, 5.41) is 10.7. The lowest BCUT2D eigenvalue weighted by atomic mass is 10.1. The van der Waals surface area contributed by atoms with Gasteiger partial charge in [0.1, 0.15) is 0 Å². The summed E-state index contributed by atoms with van der Waals surface area (Å²) in [5.41, 5.74) is 0.492. The molecule has 0 fully saturated rings. The predicted octanol–water partition coefficient (Wildman–Crippen LogP) is 2.10. The first kappa shape index (κ1) is 14.6. The van der Waals surface area contributed by atoms with Crippen molar-refractivity contribution in [3.63, 3.8) is 0 Å². The van der Waals surface area contributed by atoms with Gasteiger partial charge in [0.15, 0.2) is 5.65 Å². The van der Waals surface area contributed by atoms with Crippen molar-refractivity contribution in [1.82, 2.24) is 19.9 Å². The van der Waals surface area contributed by atoms with Crippen molar-refractivity contribution in [3.8, 4) is 0 Å². The average Bonchev–Trinajstić information content (AvgIpc) is 2.68. The van der Waals surface area contributed by atoms with Gasteiger partial charge in [0.25, 0.3) is 0 Å². The first-order valence-electron chi connectivity index (χ1n) is 6.40. The molecule has 0 saturated carbocycles. The molecule has 0 bridgehead atoms. The SMILES string of the molecule is CC(C)(C)NC(=O)CCNc1nc2ccc(Cl)cn2n1. The lowest BCUT2D eigenvalue weighted by Crippen LogP contribution is -2.41. The fourth-order valence-corrected chi connectivity index (χ4v) is 1.86. The normalized spacial score (nSPS) is 11.6. The maximum absolute atomic E-state index is 11.7. The minimum atomic E-state index is -0.213. The molecule has 0 aliphatic carbocycles. The Balaban J connectivity index is 1.88. The predicted molar refractivity (Wildman–Crippen MR) is 79.0 cm³/mol. The third-order valence-corrected chi connectivity index (χ3v) is 2.67. The molecule has 20 heavy (non-hydrogen) atoms. The molecule has 0 saturated heterocycles. The van der Waals surface area contributed by atoms with Crippen molar-refractivity contribution in [2.75, 3.05) is 11.9 Å². The Morgan fingerprint density at radius 1 is 1.40 bits per heavy atom. The number of aromatic nitrogens is 3. The molecule has 0 aromatic carbocycles. The molecule has 2 heterocycles. The number of halogens is 1. The quantitative estimate of drug-likeness (QED) is 0.906. The Hall–Kier alpha value is -1.82. The maximum Gasteiger partial charge on any atom is 0.243 e. The van der Waals surface area contributed by atoms with Crippen molar-refractivity contribution in [2.24, 2.45) is 0 Å². The highest BCUT2D eigenvalue weighted by atomic mass is 35.5. The largest absolute Gasteiger partial charge is 0.352 e. The average molecular weight is 296 g/mol. The molecular formula is C13H18ClN5O. The van der Waals surface area contributed by atoms with E-state index in [1.807, 2.05) is 20.8 Å². The molecule has 2 N–H and O–H groups in total. The summed E-state index contributed by atoms with van der Waals surface area (Å²) in [6, 6.07) is 3.54. The van der Waals surface area contributed by atoms with Gasteiger partial charge in [-0.2, -0.15) is 4.98 Å². The van der Waals surface area contributed by atoms with Gasteiger partial charge < -0.3 is 10.6 Å². The van der Waals surface area contributed by atoms with Crippen LogP contribution in [0.3, 0.4) is 0 Å². The summed E-state index contributed by atoms with van der Waals surface area (Å²) in [4.78, 5) is 15.9. The Morgan fingerprint density at radius 2 is 2.15 bits per heavy atom. The molecule has 0 atom stereocenters. The number of pyridine rings is 1. The number of carbonyl (C=O) groups excluding carboxylic acids is 1. The zero-order chi connectivity index (χ0) is 14.8. The zero-order valence-electron chi connectivity index (χ0n) is 11.8. The van der Waals surface area contributed by atoms with Crippen LogP contribution in [0.5, 0.6) is 0 Å². The topological polar surface area (TPSA) is 71.3 Å². The van der Waals surface area contributed by atoms with Crippen LogP contribution in [0.15, 0.2) is 18.3 Å². The van der Waals surface area contributed by atoms with Crippen LogP contribution in [0.2, 0.25) is 5.02 Å². The van der Waals surface area contributed by atoms with Gasteiger partial charge >= 0.3 is 0 Å². The highest BCUT2D eigenvalue weighted by molar-refractivity contribution is 6.30. The van der Waals surface area contributed by atoms with Crippen molar-refractivity contribution in [3.05, 3.63) is 23.4 Å². The minimum absolute atomic E-state index is 0.00295. The van der Waals surface area contributed by atoms with Crippen LogP contribution in [0.25, 0.3) is 5.65 Å². The Kier molecular flexibility index (Phi) is 4.13. The minimum Gasteiger partial charge on any atom is -0.352 e. The van der Waals surface area contributed by atoms with E-state index in [-0.39, 0.29) is 11.4 Å². The summed E-state index contributed by atoms with van der Waals surface area (Å²) in [5.74, 6) is 0.479. The van der Waals surface area contributed by atoms with Crippen LogP contribution in [-0.2, 0) is 4.79 Å². The van der Waals surface area contributed by atoms with Crippen LogP contribution < -0.4 is 10.6 Å². The van der Waals surface area contributed by atoms with E-state index in [1.54, 1.807) is 22.8 Å². The van der Waals surface area contributed by atoms with Crippen molar-refractivity contribution in [2.45, 2.75) is 32.7 Å². The molecule has 0 aliphatic rings. The smallest absolute Gasteiger partial charge is 0.243 e. The summed E-state index contributed by atoms with van der Waals surface area (Å²) in [6.07, 6.45) is 2.05. The summed E-state index contributed by atoms with van der Waals surface area (Å²) in [7, 11) is 0. The zero-order valence-corrected chi connectivity index (χ0v) is 12.5. The number of carbonyl (C=O) groups is 1. The number of amides is 1. The highest BCUT2D eigenvalue weighted by Gasteiger charge is 2.13. The third-order valence-electron chi connectivity index (χ3n) is 2.44. The molecule has 2 aromatic rings. The monoisotopic (exact) mass is 295 g/mol. The van der Waals surface area contributed by atoms with Crippen LogP contribution >= 0.6 is 11.6 Å². The van der Waals surface area contributed by atoms with Gasteiger partial charge in [-0.1, -0.05) is 11.6 Å². The third kappa shape index (κ3) is 4.09.